The van der Waals surface area contributed by atoms with Crippen LogP contribution in [0, 0.1) is 19.3 Å². The molecular weight excluding hydrogens is 378 g/mol. The Bertz CT molecular complexity index is 839. The van der Waals surface area contributed by atoms with Crippen LogP contribution in [0.5, 0.6) is 11.5 Å². The fourth-order valence-electron chi connectivity index (χ4n) is 3.09. The van der Waals surface area contributed by atoms with E-state index in [0.29, 0.717) is 37.5 Å². The summed E-state index contributed by atoms with van der Waals surface area (Å²) in [5.74, 6) is 3.59. The number of benzene rings is 2. The van der Waals surface area contributed by atoms with Gasteiger partial charge in [-0.25, -0.2) is 0 Å². The Hall–Kier alpha value is -2.97. The molecule has 0 bridgehead atoms. The molecule has 2 aromatic rings. The van der Waals surface area contributed by atoms with Crippen LogP contribution in [0.15, 0.2) is 42.5 Å². The molecule has 2 aromatic carbocycles. The van der Waals surface area contributed by atoms with Crippen molar-refractivity contribution >= 4 is 5.91 Å². The van der Waals surface area contributed by atoms with Gasteiger partial charge in [-0.15, -0.1) is 6.42 Å². The normalized spacial score (nSPS) is 11.4. The first-order valence-corrected chi connectivity index (χ1v) is 10.2. The van der Waals surface area contributed by atoms with Crippen molar-refractivity contribution in [1.29, 1.82) is 0 Å². The van der Waals surface area contributed by atoms with Crippen molar-refractivity contribution in [3.8, 4) is 23.8 Å². The largest absolute Gasteiger partial charge is 0.493 e. The Morgan fingerprint density at radius 3 is 2.50 bits per heavy atom. The van der Waals surface area contributed by atoms with Gasteiger partial charge in [0.2, 0.25) is 5.91 Å². The topological polar surface area (TPSA) is 56.8 Å². The van der Waals surface area contributed by atoms with Crippen molar-refractivity contribution in [2.45, 2.75) is 39.2 Å². The van der Waals surface area contributed by atoms with Crippen molar-refractivity contribution in [1.82, 2.24) is 5.32 Å². The molecule has 1 N–H and O–H groups in total. The number of methoxy groups -OCH3 is 1. The minimum absolute atomic E-state index is 0.0788. The van der Waals surface area contributed by atoms with Crippen LogP contribution in [0.4, 0.5) is 0 Å². The van der Waals surface area contributed by atoms with Gasteiger partial charge in [0.05, 0.1) is 7.11 Å². The number of carbonyl (C=O) groups excluding carboxylic acids is 1. The maximum Gasteiger partial charge on any atom is 0.249 e. The van der Waals surface area contributed by atoms with E-state index in [9.17, 15) is 4.79 Å². The number of carbonyl (C=O) groups is 1. The van der Waals surface area contributed by atoms with Crippen LogP contribution in [0.25, 0.3) is 0 Å². The molecule has 160 valence electrons. The molecule has 30 heavy (non-hydrogen) atoms. The first-order chi connectivity index (χ1) is 14.6. The smallest absolute Gasteiger partial charge is 0.249 e. The summed E-state index contributed by atoms with van der Waals surface area (Å²) in [6.45, 7) is 5.17. The summed E-state index contributed by atoms with van der Waals surface area (Å²) in [5.41, 5.74) is 3.47. The molecule has 0 saturated carbocycles. The van der Waals surface area contributed by atoms with Crippen molar-refractivity contribution in [3.05, 3.63) is 59.2 Å². The molecule has 0 fully saturated rings. The Morgan fingerprint density at radius 1 is 1.10 bits per heavy atom. The standard InChI is InChI=1S/C25H31NO4/c1-5-17-30-22-13-12-21(18-24(22)28-4)15-16-26-25(27)23(29-6-2)14-11-20-9-7-19(3)8-10-20/h1,7-10,12-13,18,23H,6,11,14-17H2,2-4H3,(H,26,27)/t23-/m1/s1. The summed E-state index contributed by atoms with van der Waals surface area (Å²) < 4.78 is 16.5. The molecule has 0 unspecified atom stereocenters. The maximum atomic E-state index is 12.6. The zero-order chi connectivity index (χ0) is 21.8. The summed E-state index contributed by atoms with van der Waals surface area (Å²) in [5, 5.41) is 2.99. The Morgan fingerprint density at radius 2 is 1.83 bits per heavy atom. The molecule has 0 saturated heterocycles. The number of aryl methyl sites for hydroxylation is 2. The van der Waals surface area contributed by atoms with Crippen LogP contribution in [-0.4, -0.2) is 38.9 Å². The van der Waals surface area contributed by atoms with E-state index >= 15 is 0 Å². The van der Waals surface area contributed by atoms with E-state index in [1.807, 2.05) is 25.1 Å². The Labute approximate surface area is 179 Å². The molecule has 1 amide bonds. The second kappa shape index (κ2) is 12.6. The van der Waals surface area contributed by atoms with Crippen molar-refractivity contribution in [3.63, 3.8) is 0 Å². The summed E-state index contributed by atoms with van der Waals surface area (Å²) >= 11 is 0. The molecule has 0 aliphatic rings. The third-order valence-electron chi connectivity index (χ3n) is 4.73. The van der Waals surface area contributed by atoms with E-state index in [2.05, 4.69) is 42.4 Å². The molecule has 0 heterocycles. The number of terminal acetylenes is 1. The van der Waals surface area contributed by atoms with Gasteiger partial charge in [-0.05, 0) is 56.4 Å². The van der Waals surface area contributed by atoms with Crippen LogP contribution >= 0.6 is 0 Å². The lowest BCUT2D eigenvalue weighted by molar-refractivity contribution is -0.132. The van der Waals surface area contributed by atoms with Crippen LogP contribution in [-0.2, 0) is 22.4 Å². The lowest BCUT2D eigenvalue weighted by Crippen LogP contribution is -2.37. The van der Waals surface area contributed by atoms with Gasteiger partial charge in [0.1, 0.15) is 12.7 Å². The molecule has 0 aromatic heterocycles. The molecule has 0 aliphatic carbocycles. The maximum absolute atomic E-state index is 12.6. The minimum atomic E-state index is -0.453. The van der Waals surface area contributed by atoms with Gasteiger partial charge >= 0.3 is 0 Å². The van der Waals surface area contributed by atoms with Crippen LogP contribution in [0.1, 0.15) is 30.0 Å². The fraction of sp³-hybridized carbons (Fsp3) is 0.400. The van der Waals surface area contributed by atoms with E-state index in [-0.39, 0.29) is 12.5 Å². The monoisotopic (exact) mass is 409 g/mol. The Kier molecular flexibility index (Phi) is 9.76. The predicted octanol–water partition coefficient (Wildman–Crippen LogP) is 3.71. The van der Waals surface area contributed by atoms with Crippen molar-refractivity contribution in [2.75, 3.05) is 26.9 Å². The van der Waals surface area contributed by atoms with Gasteiger partial charge in [-0.3, -0.25) is 4.79 Å². The number of hydrogen-bond donors (Lipinski definition) is 1. The van der Waals surface area contributed by atoms with E-state index in [4.69, 9.17) is 20.6 Å². The number of hydrogen-bond acceptors (Lipinski definition) is 4. The number of rotatable bonds is 12. The van der Waals surface area contributed by atoms with Gasteiger partial charge in [0.15, 0.2) is 11.5 Å². The SMILES string of the molecule is C#CCOc1ccc(CCNC(=O)[C@@H](CCc2ccc(C)cc2)OCC)cc1OC. The molecule has 0 radical (unpaired) electrons. The summed E-state index contributed by atoms with van der Waals surface area (Å²) in [7, 11) is 1.59. The second-order valence-corrected chi connectivity index (χ2v) is 6.99. The van der Waals surface area contributed by atoms with Gasteiger partial charge in [0, 0.05) is 13.2 Å². The highest BCUT2D eigenvalue weighted by Gasteiger charge is 2.18. The lowest BCUT2D eigenvalue weighted by Gasteiger charge is -2.17. The van der Waals surface area contributed by atoms with Gasteiger partial charge in [0.25, 0.3) is 0 Å². The molecular formula is C25H31NO4. The first-order valence-electron chi connectivity index (χ1n) is 10.2. The van der Waals surface area contributed by atoms with E-state index in [1.54, 1.807) is 7.11 Å². The molecule has 5 heteroatoms. The van der Waals surface area contributed by atoms with E-state index in [1.165, 1.54) is 11.1 Å². The molecule has 2 rings (SSSR count). The predicted molar refractivity (Wildman–Crippen MR) is 119 cm³/mol. The molecule has 0 aliphatic heterocycles. The molecule has 5 nitrogen and oxygen atoms in total. The van der Waals surface area contributed by atoms with E-state index in [0.717, 1.165) is 12.0 Å². The zero-order valence-corrected chi connectivity index (χ0v) is 18.1. The van der Waals surface area contributed by atoms with Crippen molar-refractivity contribution < 1.29 is 19.0 Å². The average molecular weight is 410 g/mol. The summed E-state index contributed by atoms with van der Waals surface area (Å²) in [6, 6.07) is 14.0. The quantitative estimate of drug-likeness (QED) is 0.543. The summed E-state index contributed by atoms with van der Waals surface area (Å²) in [4.78, 5) is 12.6. The Balaban J connectivity index is 1.86. The first kappa shape index (κ1) is 23.3. The van der Waals surface area contributed by atoms with Crippen LogP contribution in [0.2, 0.25) is 0 Å². The summed E-state index contributed by atoms with van der Waals surface area (Å²) in [6.07, 6.45) is 6.90. The third-order valence-corrected chi connectivity index (χ3v) is 4.73. The van der Waals surface area contributed by atoms with Gasteiger partial charge < -0.3 is 19.5 Å². The highest BCUT2D eigenvalue weighted by atomic mass is 16.5. The fourth-order valence-corrected chi connectivity index (χ4v) is 3.09. The minimum Gasteiger partial charge on any atom is -0.493 e. The average Bonchev–Trinajstić information content (AvgIpc) is 2.76. The molecule has 0 spiro atoms. The molecule has 1 atom stereocenters. The highest BCUT2D eigenvalue weighted by molar-refractivity contribution is 5.80. The van der Waals surface area contributed by atoms with E-state index < -0.39 is 6.10 Å². The van der Waals surface area contributed by atoms with Crippen molar-refractivity contribution in [2.24, 2.45) is 0 Å². The number of ether oxygens (including phenoxy) is 3. The zero-order valence-electron chi connectivity index (χ0n) is 18.1. The van der Waals surface area contributed by atoms with Gasteiger partial charge in [-0.2, -0.15) is 0 Å². The van der Waals surface area contributed by atoms with Gasteiger partial charge in [-0.1, -0.05) is 41.8 Å². The third kappa shape index (κ3) is 7.46. The lowest BCUT2D eigenvalue weighted by atomic mass is 10.0. The number of amides is 1. The van der Waals surface area contributed by atoms with Crippen LogP contribution < -0.4 is 14.8 Å². The second-order valence-electron chi connectivity index (χ2n) is 6.99. The number of nitrogens with one attached hydrogen (secondary N) is 1. The van der Waals surface area contributed by atoms with Crippen LogP contribution in [0.3, 0.4) is 0 Å². The highest BCUT2D eigenvalue weighted by Crippen LogP contribution is 2.28.